The molecular formula is C20H17ClN2O3. The summed E-state index contributed by atoms with van der Waals surface area (Å²) in [7, 11) is 1.57. The van der Waals surface area contributed by atoms with Crippen molar-refractivity contribution in [3.05, 3.63) is 76.9 Å². The lowest BCUT2D eigenvalue weighted by atomic mass is 10.1. The number of ether oxygens (including phenoxy) is 2. The van der Waals surface area contributed by atoms with E-state index in [0.717, 1.165) is 5.56 Å². The third kappa shape index (κ3) is 3.95. The van der Waals surface area contributed by atoms with Gasteiger partial charge in [-0.2, -0.15) is 0 Å². The van der Waals surface area contributed by atoms with Crippen molar-refractivity contribution >= 4 is 23.2 Å². The second kappa shape index (κ2) is 7.89. The highest BCUT2D eigenvalue weighted by Gasteiger charge is 2.13. The van der Waals surface area contributed by atoms with Crippen molar-refractivity contribution in [2.75, 3.05) is 12.4 Å². The Kier molecular flexibility index (Phi) is 5.39. The molecule has 3 rings (SSSR count). The Hall–Kier alpha value is -3.05. The highest BCUT2D eigenvalue weighted by Crippen LogP contribution is 2.30. The average molecular weight is 369 g/mol. The van der Waals surface area contributed by atoms with E-state index in [0.29, 0.717) is 33.7 Å². The standard InChI is InChI=1S/C20H17ClN2O3/c1-13-6-5-7-15(21)19(13)20(24)23-14-10-11-18(22-12-14)26-17-9-4-3-8-16(17)25-2/h3-12H,1-2H3,(H,23,24). The van der Waals surface area contributed by atoms with E-state index in [2.05, 4.69) is 10.3 Å². The van der Waals surface area contributed by atoms with Gasteiger partial charge in [0, 0.05) is 6.07 Å². The van der Waals surface area contributed by atoms with Gasteiger partial charge in [-0.15, -0.1) is 0 Å². The van der Waals surface area contributed by atoms with Crippen molar-refractivity contribution in [2.24, 2.45) is 0 Å². The Morgan fingerprint density at radius 1 is 1.04 bits per heavy atom. The van der Waals surface area contributed by atoms with Crippen LogP contribution < -0.4 is 14.8 Å². The maximum absolute atomic E-state index is 12.4. The van der Waals surface area contributed by atoms with Crippen LogP contribution in [0.2, 0.25) is 5.02 Å². The molecule has 1 amide bonds. The topological polar surface area (TPSA) is 60.5 Å². The second-order valence-corrected chi connectivity index (χ2v) is 5.93. The van der Waals surface area contributed by atoms with E-state index in [4.69, 9.17) is 21.1 Å². The van der Waals surface area contributed by atoms with Crippen LogP contribution in [0.3, 0.4) is 0 Å². The molecule has 0 aliphatic carbocycles. The number of carbonyl (C=O) groups excluding carboxylic acids is 1. The molecule has 0 unspecified atom stereocenters. The summed E-state index contributed by atoms with van der Waals surface area (Å²) < 4.78 is 11.0. The molecule has 0 saturated carbocycles. The summed E-state index contributed by atoms with van der Waals surface area (Å²) in [5, 5.41) is 3.20. The molecule has 1 aromatic heterocycles. The van der Waals surface area contributed by atoms with E-state index < -0.39 is 0 Å². The van der Waals surface area contributed by atoms with Gasteiger partial charge in [0.2, 0.25) is 5.88 Å². The predicted octanol–water partition coefficient (Wildman–Crippen LogP) is 5.10. The first-order chi connectivity index (χ1) is 12.6. The fourth-order valence-electron chi connectivity index (χ4n) is 2.44. The van der Waals surface area contributed by atoms with Crippen LogP contribution in [0.25, 0.3) is 0 Å². The Balaban J connectivity index is 1.73. The second-order valence-electron chi connectivity index (χ2n) is 5.52. The van der Waals surface area contributed by atoms with Gasteiger partial charge in [-0.1, -0.05) is 35.9 Å². The maximum Gasteiger partial charge on any atom is 0.257 e. The first-order valence-corrected chi connectivity index (χ1v) is 8.29. The van der Waals surface area contributed by atoms with Gasteiger partial charge >= 0.3 is 0 Å². The van der Waals surface area contributed by atoms with Gasteiger partial charge in [0.15, 0.2) is 11.5 Å². The molecule has 132 valence electrons. The molecule has 0 saturated heterocycles. The minimum absolute atomic E-state index is 0.284. The number of aryl methyl sites for hydroxylation is 1. The zero-order chi connectivity index (χ0) is 18.5. The van der Waals surface area contributed by atoms with Crippen molar-refractivity contribution in [1.29, 1.82) is 0 Å². The summed E-state index contributed by atoms with van der Waals surface area (Å²) in [6, 6.07) is 16.0. The molecule has 26 heavy (non-hydrogen) atoms. The number of benzene rings is 2. The SMILES string of the molecule is COc1ccccc1Oc1ccc(NC(=O)c2c(C)cccc2Cl)cn1. The fraction of sp³-hybridized carbons (Fsp3) is 0.100. The van der Waals surface area contributed by atoms with E-state index in [1.54, 1.807) is 43.5 Å². The molecule has 1 N–H and O–H groups in total. The van der Waals surface area contributed by atoms with Gasteiger partial charge in [0.25, 0.3) is 5.91 Å². The van der Waals surface area contributed by atoms with E-state index in [-0.39, 0.29) is 5.91 Å². The Bertz CT molecular complexity index is 906. The summed E-state index contributed by atoms with van der Waals surface area (Å²) in [5.74, 6) is 1.28. The Morgan fingerprint density at radius 2 is 1.81 bits per heavy atom. The average Bonchev–Trinajstić information content (AvgIpc) is 2.63. The van der Waals surface area contributed by atoms with Gasteiger partial charge in [0.05, 0.1) is 29.6 Å². The number of pyridine rings is 1. The largest absolute Gasteiger partial charge is 0.493 e. The van der Waals surface area contributed by atoms with Crippen LogP contribution in [-0.2, 0) is 0 Å². The van der Waals surface area contributed by atoms with Crippen LogP contribution in [0.1, 0.15) is 15.9 Å². The molecule has 0 spiro atoms. The molecule has 3 aromatic rings. The van der Waals surface area contributed by atoms with E-state index in [1.807, 2.05) is 25.1 Å². The minimum Gasteiger partial charge on any atom is -0.493 e. The first kappa shape index (κ1) is 17.8. The van der Waals surface area contributed by atoms with Crippen LogP contribution in [0.4, 0.5) is 5.69 Å². The lowest BCUT2D eigenvalue weighted by molar-refractivity contribution is 0.102. The molecule has 0 bridgehead atoms. The molecule has 0 aliphatic heterocycles. The number of nitrogens with zero attached hydrogens (tertiary/aromatic N) is 1. The lowest BCUT2D eigenvalue weighted by Crippen LogP contribution is -2.14. The van der Waals surface area contributed by atoms with E-state index >= 15 is 0 Å². The number of hydrogen-bond donors (Lipinski definition) is 1. The van der Waals surface area contributed by atoms with Crippen molar-refractivity contribution in [3.8, 4) is 17.4 Å². The normalized spacial score (nSPS) is 10.3. The zero-order valence-electron chi connectivity index (χ0n) is 14.3. The van der Waals surface area contributed by atoms with E-state index in [9.17, 15) is 4.79 Å². The number of para-hydroxylation sites is 2. The van der Waals surface area contributed by atoms with Gasteiger partial charge < -0.3 is 14.8 Å². The summed E-state index contributed by atoms with van der Waals surface area (Å²) in [6.07, 6.45) is 1.52. The lowest BCUT2D eigenvalue weighted by Gasteiger charge is -2.11. The number of methoxy groups -OCH3 is 1. The van der Waals surface area contributed by atoms with Crippen LogP contribution in [0.5, 0.6) is 17.4 Å². The summed E-state index contributed by atoms with van der Waals surface area (Å²) in [6.45, 7) is 1.84. The highest BCUT2D eigenvalue weighted by molar-refractivity contribution is 6.34. The van der Waals surface area contributed by atoms with Crippen molar-refractivity contribution in [1.82, 2.24) is 4.98 Å². The third-order valence-corrected chi connectivity index (χ3v) is 4.04. The number of anilines is 1. The fourth-order valence-corrected chi connectivity index (χ4v) is 2.75. The number of amides is 1. The number of halogens is 1. The van der Waals surface area contributed by atoms with Crippen LogP contribution in [0.15, 0.2) is 60.8 Å². The number of hydrogen-bond acceptors (Lipinski definition) is 4. The van der Waals surface area contributed by atoms with Crippen molar-refractivity contribution in [3.63, 3.8) is 0 Å². The number of aromatic nitrogens is 1. The molecule has 0 aliphatic rings. The summed E-state index contributed by atoms with van der Waals surface area (Å²) in [4.78, 5) is 16.7. The first-order valence-electron chi connectivity index (χ1n) is 7.92. The van der Waals surface area contributed by atoms with Crippen LogP contribution in [-0.4, -0.2) is 18.0 Å². The monoisotopic (exact) mass is 368 g/mol. The summed E-state index contributed by atoms with van der Waals surface area (Å²) in [5.41, 5.74) is 1.80. The minimum atomic E-state index is -0.284. The predicted molar refractivity (Wildman–Crippen MR) is 101 cm³/mol. The van der Waals surface area contributed by atoms with Crippen molar-refractivity contribution in [2.45, 2.75) is 6.92 Å². The zero-order valence-corrected chi connectivity index (χ0v) is 15.1. The van der Waals surface area contributed by atoms with E-state index in [1.165, 1.54) is 6.20 Å². The molecule has 2 aromatic carbocycles. The van der Waals surface area contributed by atoms with Crippen LogP contribution in [0, 0.1) is 6.92 Å². The third-order valence-electron chi connectivity index (χ3n) is 3.73. The highest BCUT2D eigenvalue weighted by atomic mass is 35.5. The molecular weight excluding hydrogens is 352 g/mol. The number of nitrogens with one attached hydrogen (secondary N) is 1. The van der Waals surface area contributed by atoms with Gasteiger partial charge in [-0.05, 0) is 36.8 Å². The molecule has 0 fully saturated rings. The molecule has 5 nitrogen and oxygen atoms in total. The Labute approximate surface area is 156 Å². The smallest absolute Gasteiger partial charge is 0.257 e. The quantitative estimate of drug-likeness (QED) is 0.680. The summed E-state index contributed by atoms with van der Waals surface area (Å²) >= 11 is 6.13. The molecule has 1 heterocycles. The van der Waals surface area contributed by atoms with Gasteiger partial charge in [0.1, 0.15) is 0 Å². The molecule has 0 atom stereocenters. The maximum atomic E-state index is 12.4. The molecule has 0 radical (unpaired) electrons. The van der Waals surface area contributed by atoms with Crippen LogP contribution >= 0.6 is 11.6 Å². The Morgan fingerprint density at radius 3 is 2.46 bits per heavy atom. The number of carbonyl (C=O) groups is 1. The molecule has 6 heteroatoms. The number of rotatable bonds is 5. The van der Waals surface area contributed by atoms with Gasteiger partial charge in [-0.25, -0.2) is 4.98 Å². The van der Waals surface area contributed by atoms with Crippen molar-refractivity contribution < 1.29 is 14.3 Å². The van der Waals surface area contributed by atoms with Gasteiger partial charge in [-0.3, -0.25) is 4.79 Å².